The molecule has 7 rings (SSSR count). The fraction of sp³-hybridized carbons (Fsp3) is 0.679. The standard InChI is InChI=1S/C28H38N4O3/c1-18(28-12-19-9-20(13-28)11-21(10-19)14-28)29-26(33)17-32(15-22-5-4-8-35-22)16-25-30-24-7-3-2-6-23(24)27(34)31-25/h2-3,6-7,18-22H,4-5,8-17H2,1H3,(H,29,33)(H,30,31,34)/t18-,19?,20?,21?,22+,28?/m0/s1. The molecule has 2 heterocycles. The lowest BCUT2D eigenvalue weighted by molar-refractivity contribution is -0.127. The molecule has 0 unspecified atom stereocenters. The molecule has 4 aliphatic carbocycles. The molecule has 188 valence electrons. The van der Waals surface area contributed by atoms with Gasteiger partial charge in [0.05, 0.1) is 30.1 Å². The van der Waals surface area contributed by atoms with E-state index in [4.69, 9.17) is 4.74 Å². The number of nitrogens with zero attached hydrogens (tertiary/aromatic N) is 2. The summed E-state index contributed by atoms with van der Waals surface area (Å²) in [6.45, 7) is 4.37. The third-order valence-electron chi connectivity index (χ3n) is 9.27. The van der Waals surface area contributed by atoms with Gasteiger partial charge in [0, 0.05) is 19.2 Å². The Labute approximate surface area is 207 Å². The van der Waals surface area contributed by atoms with Crippen molar-refractivity contribution in [3.05, 3.63) is 40.4 Å². The van der Waals surface area contributed by atoms with Crippen LogP contribution in [0.15, 0.2) is 29.1 Å². The molecule has 4 saturated carbocycles. The summed E-state index contributed by atoms with van der Waals surface area (Å²) in [5.41, 5.74) is 0.834. The number of aromatic nitrogens is 2. The van der Waals surface area contributed by atoms with Crippen LogP contribution in [-0.4, -0.2) is 52.6 Å². The minimum atomic E-state index is -0.137. The maximum absolute atomic E-state index is 13.3. The number of hydrogen-bond acceptors (Lipinski definition) is 5. The molecular weight excluding hydrogens is 440 g/mol. The summed E-state index contributed by atoms with van der Waals surface area (Å²) in [6.07, 6.45) is 10.2. The fourth-order valence-electron chi connectivity index (χ4n) is 8.03. The second-order valence-electron chi connectivity index (χ2n) is 11.9. The second-order valence-corrected chi connectivity index (χ2v) is 11.9. The zero-order valence-electron chi connectivity index (χ0n) is 20.8. The Morgan fingerprint density at radius 1 is 1.20 bits per heavy atom. The van der Waals surface area contributed by atoms with Gasteiger partial charge >= 0.3 is 0 Å². The SMILES string of the molecule is C[C@H](NC(=O)CN(Cc1nc2ccccc2c(=O)[nH]1)C[C@H]1CCCO1)C12CC3CC(CC(C3)C1)C2. The molecule has 4 bridgehead atoms. The molecule has 35 heavy (non-hydrogen) atoms. The smallest absolute Gasteiger partial charge is 0.258 e. The Morgan fingerprint density at radius 2 is 1.91 bits per heavy atom. The van der Waals surface area contributed by atoms with Crippen LogP contribution in [0.3, 0.4) is 0 Å². The van der Waals surface area contributed by atoms with Gasteiger partial charge in [0.2, 0.25) is 5.91 Å². The van der Waals surface area contributed by atoms with E-state index in [0.29, 0.717) is 29.8 Å². The van der Waals surface area contributed by atoms with E-state index in [1.807, 2.05) is 18.2 Å². The number of amides is 1. The lowest BCUT2D eigenvalue weighted by atomic mass is 9.48. The predicted octanol–water partition coefficient (Wildman–Crippen LogP) is 3.63. The second kappa shape index (κ2) is 9.32. The summed E-state index contributed by atoms with van der Waals surface area (Å²) in [5.74, 6) is 3.26. The highest BCUT2D eigenvalue weighted by Gasteiger charge is 2.53. The molecule has 7 heteroatoms. The average Bonchev–Trinajstić information content (AvgIpc) is 3.31. The molecule has 2 aromatic rings. The van der Waals surface area contributed by atoms with Crippen molar-refractivity contribution in [3.8, 4) is 0 Å². The number of carbonyl (C=O) groups is 1. The van der Waals surface area contributed by atoms with Crippen molar-refractivity contribution in [2.24, 2.45) is 23.2 Å². The van der Waals surface area contributed by atoms with Gasteiger partial charge in [-0.3, -0.25) is 14.5 Å². The maximum Gasteiger partial charge on any atom is 0.258 e. The first-order chi connectivity index (χ1) is 17.0. The highest BCUT2D eigenvalue weighted by Crippen LogP contribution is 2.61. The Kier molecular flexibility index (Phi) is 6.17. The third kappa shape index (κ3) is 4.77. The molecule has 1 saturated heterocycles. The third-order valence-corrected chi connectivity index (χ3v) is 9.27. The van der Waals surface area contributed by atoms with Gasteiger partial charge in [-0.15, -0.1) is 0 Å². The Morgan fingerprint density at radius 3 is 2.60 bits per heavy atom. The number of benzene rings is 1. The predicted molar refractivity (Wildman–Crippen MR) is 135 cm³/mol. The van der Waals surface area contributed by atoms with Gasteiger partial charge < -0.3 is 15.0 Å². The average molecular weight is 479 g/mol. The molecule has 7 nitrogen and oxygen atoms in total. The number of rotatable bonds is 8. The quantitative estimate of drug-likeness (QED) is 0.605. The maximum atomic E-state index is 13.3. The van der Waals surface area contributed by atoms with Crippen LogP contribution < -0.4 is 10.9 Å². The molecule has 1 aliphatic heterocycles. The number of para-hydroxylation sites is 1. The molecule has 5 aliphatic rings. The lowest BCUT2D eigenvalue weighted by Gasteiger charge is -2.59. The van der Waals surface area contributed by atoms with Crippen LogP contribution >= 0.6 is 0 Å². The van der Waals surface area contributed by atoms with Crippen LogP contribution in [0.5, 0.6) is 0 Å². The van der Waals surface area contributed by atoms with Gasteiger partial charge in [0.15, 0.2) is 0 Å². The van der Waals surface area contributed by atoms with E-state index in [2.05, 4.69) is 27.1 Å². The van der Waals surface area contributed by atoms with E-state index in [-0.39, 0.29) is 35.6 Å². The summed E-state index contributed by atoms with van der Waals surface area (Å²) >= 11 is 0. The first kappa shape index (κ1) is 23.2. The van der Waals surface area contributed by atoms with Gasteiger partial charge in [0.1, 0.15) is 5.82 Å². The van der Waals surface area contributed by atoms with Crippen LogP contribution in [0, 0.1) is 23.2 Å². The molecule has 2 N–H and O–H groups in total. The number of ether oxygens (including phenoxy) is 1. The first-order valence-corrected chi connectivity index (χ1v) is 13.6. The van der Waals surface area contributed by atoms with Crippen molar-refractivity contribution in [1.29, 1.82) is 0 Å². The van der Waals surface area contributed by atoms with Gasteiger partial charge in [0.25, 0.3) is 5.56 Å². The molecule has 0 radical (unpaired) electrons. The van der Waals surface area contributed by atoms with E-state index in [1.54, 1.807) is 6.07 Å². The van der Waals surface area contributed by atoms with Gasteiger partial charge in [-0.05, 0) is 93.6 Å². The number of H-pyrrole nitrogens is 1. The molecule has 5 fully saturated rings. The summed E-state index contributed by atoms with van der Waals surface area (Å²) in [5, 5.41) is 3.99. The summed E-state index contributed by atoms with van der Waals surface area (Å²) in [4.78, 5) is 35.6. The number of aromatic amines is 1. The van der Waals surface area contributed by atoms with Crippen molar-refractivity contribution in [3.63, 3.8) is 0 Å². The van der Waals surface area contributed by atoms with Crippen LogP contribution in [0.1, 0.15) is 64.1 Å². The van der Waals surface area contributed by atoms with Gasteiger partial charge in [-0.2, -0.15) is 0 Å². The van der Waals surface area contributed by atoms with E-state index in [1.165, 1.54) is 38.5 Å². The Balaban J connectivity index is 1.15. The zero-order valence-corrected chi connectivity index (χ0v) is 20.8. The van der Waals surface area contributed by atoms with Crippen LogP contribution in [0.2, 0.25) is 0 Å². The van der Waals surface area contributed by atoms with Crippen LogP contribution in [0.4, 0.5) is 0 Å². The fourth-order valence-corrected chi connectivity index (χ4v) is 8.03. The first-order valence-electron chi connectivity index (χ1n) is 13.6. The van der Waals surface area contributed by atoms with E-state index < -0.39 is 0 Å². The summed E-state index contributed by atoms with van der Waals surface area (Å²) in [7, 11) is 0. The summed E-state index contributed by atoms with van der Waals surface area (Å²) in [6, 6.07) is 7.58. The highest BCUT2D eigenvalue weighted by molar-refractivity contribution is 5.78. The number of fused-ring (bicyclic) bond motifs is 1. The molecule has 1 aromatic carbocycles. The molecule has 1 aromatic heterocycles. The molecule has 2 atom stereocenters. The minimum absolute atomic E-state index is 0.0642. The highest BCUT2D eigenvalue weighted by atomic mass is 16.5. The van der Waals surface area contributed by atoms with Crippen molar-refractivity contribution in [2.45, 2.75) is 77.0 Å². The topological polar surface area (TPSA) is 87.3 Å². The van der Waals surface area contributed by atoms with E-state index in [0.717, 1.165) is 37.2 Å². The number of carbonyl (C=O) groups excluding carboxylic acids is 1. The number of hydrogen-bond donors (Lipinski definition) is 2. The van der Waals surface area contributed by atoms with Gasteiger partial charge in [-0.25, -0.2) is 4.98 Å². The van der Waals surface area contributed by atoms with Crippen molar-refractivity contribution >= 4 is 16.8 Å². The van der Waals surface area contributed by atoms with Crippen molar-refractivity contribution in [1.82, 2.24) is 20.2 Å². The Bertz CT molecular complexity index is 1100. The van der Waals surface area contributed by atoms with Gasteiger partial charge in [-0.1, -0.05) is 12.1 Å². The zero-order chi connectivity index (χ0) is 24.0. The minimum Gasteiger partial charge on any atom is -0.377 e. The van der Waals surface area contributed by atoms with E-state index in [9.17, 15) is 9.59 Å². The van der Waals surface area contributed by atoms with E-state index >= 15 is 0 Å². The van der Waals surface area contributed by atoms with Crippen LogP contribution in [-0.2, 0) is 16.1 Å². The van der Waals surface area contributed by atoms with Crippen molar-refractivity contribution < 1.29 is 9.53 Å². The normalized spacial score (nSPS) is 32.4. The summed E-state index contributed by atoms with van der Waals surface area (Å²) < 4.78 is 5.88. The van der Waals surface area contributed by atoms with Crippen molar-refractivity contribution in [2.75, 3.05) is 19.7 Å². The Hall–Kier alpha value is -2.25. The molecule has 1 amide bonds. The number of nitrogens with one attached hydrogen (secondary N) is 2. The largest absolute Gasteiger partial charge is 0.377 e. The lowest BCUT2D eigenvalue weighted by Crippen LogP contribution is -2.56. The molecular formula is C28H38N4O3. The molecule has 0 spiro atoms. The monoisotopic (exact) mass is 478 g/mol. The van der Waals surface area contributed by atoms with Crippen LogP contribution in [0.25, 0.3) is 10.9 Å².